The zero-order valence-corrected chi connectivity index (χ0v) is 11.0. The second kappa shape index (κ2) is 8.45. The monoisotopic (exact) mass is 259 g/mol. The van der Waals surface area contributed by atoms with E-state index in [4.69, 9.17) is 10.1 Å². The van der Waals surface area contributed by atoms with Crippen LogP contribution in [0, 0.1) is 0 Å². The van der Waals surface area contributed by atoms with Gasteiger partial charge < -0.3 is 10.1 Å². The quantitative estimate of drug-likeness (QED) is 0.641. The Hall–Kier alpha value is 1.35. The minimum Gasteiger partial charge on any atom is -0.786 e. The molecule has 0 bridgehead atoms. The predicted molar refractivity (Wildman–Crippen MR) is 42.1 cm³/mol. The van der Waals surface area contributed by atoms with Crippen LogP contribution in [-0.4, -0.2) is 24.9 Å². The fourth-order valence-electron chi connectivity index (χ4n) is 0. The Morgan fingerprint density at radius 3 is 1.60 bits per heavy atom. The van der Waals surface area contributed by atoms with E-state index >= 15 is 0 Å². The van der Waals surface area contributed by atoms with Crippen LogP contribution in [0.4, 0.5) is 0 Å². The standard InChI is InChI=1S/C2H7NOP.CH5NOP.Y/c1-5(2,3)4;1-4(2)3;/h1-2H3,(H-,3,4);1H3,(H2,2,3);/q-1;+1;. The third kappa shape index (κ3) is 356. The molecule has 0 saturated heterocycles. The van der Waals surface area contributed by atoms with Crippen LogP contribution in [0.3, 0.4) is 0 Å². The first-order valence-corrected chi connectivity index (χ1v) is 6.55. The number of nitrogens with two attached hydrogens (primary N) is 1. The van der Waals surface area contributed by atoms with Gasteiger partial charge in [-0.1, -0.05) is 4.57 Å². The Morgan fingerprint density at radius 2 is 1.60 bits per heavy atom. The van der Waals surface area contributed by atoms with E-state index < -0.39 is 15.2 Å². The molecule has 59 valence electrons. The molecule has 7 heteroatoms. The van der Waals surface area contributed by atoms with E-state index in [2.05, 4.69) is 5.50 Å². The average Bonchev–Trinajstić information content (AvgIpc) is 1.19. The molecule has 1 unspecified atom stereocenters. The van der Waals surface area contributed by atoms with Crippen molar-refractivity contribution in [2.24, 2.45) is 5.50 Å². The third-order valence-corrected chi connectivity index (χ3v) is 0. The van der Waals surface area contributed by atoms with Crippen LogP contribution in [-0.2, 0) is 37.3 Å². The molecule has 1 radical (unpaired) electrons. The largest absolute Gasteiger partial charge is 0.786 e. The van der Waals surface area contributed by atoms with Gasteiger partial charge in [0.1, 0.15) is 0 Å². The molecule has 0 aromatic carbocycles. The van der Waals surface area contributed by atoms with E-state index in [9.17, 15) is 4.57 Å². The summed E-state index contributed by atoms with van der Waals surface area (Å²) in [7, 11) is -3.76. The normalized spacial score (nSPS) is 10.3. The van der Waals surface area contributed by atoms with E-state index in [0.717, 1.165) is 0 Å². The Labute approximate surface area is 87.6 Å². The summed E-state index contributed by atoms with van der Waals surface area (Å²) in [5.41, 5.74) is 4.62. The number of hydrogen-bond acceptors (Lipinski definition) is 1. The first-order valence-electron chi connectivity index (χ1n) is 2.18. The van der Waals surface area contributed by atoms with Gasteiger partial charge in [-0.15, -0.1) is 12.8 Å². The van der Waals surface area contributed by atoms with Crippen molar-refractivity contribution < 1.29 is 42.2 Å². The molecule has 0 aliphatic rings. The second-order valence-electron chi connectivity index (χ2n) is 1.88. The molecule has 0 rings (SSSR count). The van der Waals surface area contributed by atoms with Gasteiger partial charge in [0.2, 0.25) is 0 Å². The van der Waals surface area contributed by atoms with Gasteiger partial charge in [0.25, 0.3) is 0 Å². The first kappa shape index (κ1) is 17.4. The Kier molecular flexibility index (Phi) is 14.7. The molecular formula is C3H12N2O2P2Y. The predicted octanol–water partition coefficient (Wildman–Crippen LogP) is 1.24. The molecule has 0 saturated carbocycles. The first-order chi connectivity index (χ1) is 3.73. The van der Waals surface area contributed by atoms with Gasteiger partial charge in [0.15, 0.2) is 6.66 Å². The summed E-state index contributed by atoms with van der Waals surface area (Å²) >= 11 is 0. The topological polar surface area (TPSA) is 85.6 Å². The van der Waals surface area contributed by atoms with Gasteiger partial charge in [-0.25, -0.2) is 0 Å². The van der Waals surface area contributed by atoms with Gasteiger partial charge in [-0.2, -0.15) is 0 Å². The molecule has 0 aliphatic carbocycles. The molecule has 0 aromatic rings. The molecule has 0 spiro atoms. The maximum Gasteiger partial charge on any atom is 0.426 e. The maximum absolute atomic E-state index is 9.37. The Morgan fingerprint density at radius 1 is 1.60 bits per heavy atom. The summed E-state index contributed by atoms with van der Waals surface area (Å²) in [5.74, 6) is 0. The van der Waals surface area contributed by atoms with E-state index in [0.29, 0.717) is 0 Å². The van der Waals surface area contributed by atoms with Crippen LogP contribution in [0.2, 0.25) is 0 Å². The van der Waals surface area contributed by atoms with E-state index in [1.54, 1.807) is 0 Å². The molecule has 0 fully saturated rings. The summed E-state index contributed by atoms with van der Waals surface area (Å²) in [6, 6.07) is 0. The van der Waals surface area contributed by atoms with Crippen LogP contribution >= 0.6 is 15.2 Å². The minimum absolute atomic E-state index is 0. The van der Waals surface area contributed by atoms with E-state index in [1.807, 2.05) is 0 Å². The smallest absolute Gasteiger partial charge is 0.426 e. The van der Waals surface area contributed by atoms with Crippen LogP contribution in [0.15, 0.2) is 0 Å². The van der Waals surface area contributed by atoms with Crippen LogP contribution in [0.1, 0.15) is 0 Å². The molecule has 0 heterocycles. The molecule has 1 atom stereocenters. The molecule has 0 aliphatic heterocycles. The van der Waals surface area contributed by atoms with Crippen molar-refractivity contribution >= 4 is 15.2 Å². The molecular weight excluding hydrogens is 247 g/mol. The third-order valence-electron chi connectivity index (χ3n) is 0. The number of hydrogen-bond donors (Lipinski definition) is 2. The molecule has 0 aromatic heterocycles. The Bertz CT molecular complexity index is 122. The summed E-state index contributed by atoms with van der Waals surface area (Å²) in [6.07, 6.45) is 0. The molecule has 10 heavy (non-hydrogen) atoms. The fourth-order valence-corrected chi connectivity index (χ4v) is 0. The summed E-state index contributed by atoms with van der Waals surface area (Å²) in [5, 5.41) is 8.19. The SMILES string of the molecule is CP(C)(=[N-])O.C[P+](N)=O.[Y]. The fraction of sp³-hybridized carbons (Fsp3) is 1.00. The van der Waals surface area contributed by atoms with Crippen molar-refractivity contribution in [3.63, 3.8) is 0 Å². The van der Waals surface area contributed by atoms with Crippen LogP contribution in [0.25, 0.3) is 5.16 Å². The zero-order chi connectivity index (χ0) is 8.08. The van der Waals surface area contributed by atoms with Crippen LogP contribution < -0.4 is 5.50 Å². The van der Waals surface area contributed by atoms with Gasteiger partial charge in [0, 0.05) is 32.7 Å². The zero-order valence-electron chi connectivity index (χ0n) is 6.35. The molecule has 0 amide bonds. The Balaban J connectivity index is -0.0000000910. The van der Waals surface area contributed by atoms with Crippen molar-refractivity contribution in [3.8, 4) is 0 Å². The van der Waals surface area contributed by atoms with E-state index in [-0.39, 0.29) is 32.7 Å². The van der Waals surface area contributed by atoms with Crippen molar-refractivity contribution in [2.75, 3.05) is 20.0 Å². The van der Waals surface area contributed by atoms with Gasteiger partial charge in [-0.3, -0.25) is 0 Å². The van der Waals surface area contributed by atoms with E-state index in [1.165, 1.54) is 20.0 Å². The minimum atomic E-state index is -2.39. The van der Waals surface area contributed by atoms with Crippen molar-refractivity contribution in [1.82, 2.24) is 0 Å². The summed E-state index contributed by atoms with van der Waals surface area (Å²) in [6.45, 7) is 4.27. The average molecular weight is 259 g/mol. The van der Waals surface area contributed by atoms with Crippen molar-refractivity contribution in [1.29, 1.82) is 0 Å². The summed E-state index contributed by atoms with van der Waals surface area (Å²) < 4.78 is 9.37. The van der Waals surface area contributed by atoms with Gasteiger partial charge in [0.05, 0.1) is 0 Å². The van der Waals surface area contributed by atoms with Crippen LogP contribution in [0.5, 0.6) is 0 Å². The second-order valence-corrected chi connectivity index (χ2v) is 5.65. The molecule has 4 nitrogen and oxygen atoms in total. The van der Waals surface area contributed by atoms with Gasteiger partial charge >= 0.3 is 7.95 Å². The van der Waals surface area contributed by atoms with Crippen molar-refractivity contribution in [3.05, 3.63) is 5.16 Å². The van der Waals surface area contributed by atoms with Crippen molar-refractivity contribution in [2.45, 2.75) is 0 Å². The maximum atomic E-state index is 9.37. The molecule has 3 N–H and O–H groups in total. The van der Waals surface area contributed by atoms with Gasteiger partial charge in [-0.05, 0) is 13.3 Å². The summed E-state index contributed by atoms with van der Waals surface area (Å²) in [4.78, 5) is 8.19. The number of rotatable bonds is 0. The number of nitrogens with zero attached hydrogens (tertiary/aromatic N) is 1.